The number of hydrogen-bond acceptors (Lipinski definition) is 4. The highest BCUT2D eigenvalue weighted by atomic mass is 32.1. The Kier molecular flexibility index (Phi) is 2.68. The van der Waals surface area contributed by atoms with Crippen molar-refractivity contribution in [1.29, 1.82) is 0 Å². The molecule has 0 aliphatic carbocycles. The molecule has 4 nitrogen and oxygen atoms in total. The third-order valence-electron chi connectivity index (χ3n) is 3.02. The van der Waals surface area contributed by atoms with Crippen LogP contribution in [0.3, 0.4) is 0 Å². The molecule has 3 rings (SSSR count). The van der Waals surface area contributed by atoms with Gasteiger partial charge in [-0.15, -0.1) is 21.6 Å². The summed E-state index contributed by atoms with van der Waals surface area (Å²) in [5, 5.41) is 12.2. The van der Waals surface area contributed by atoms with Crippen LogP contribution in [0.1, 0.15) is 5.69 Å². The van der Waals surface area contributed by atoms with Crippen molar-refractivity contribution in [2.75, 3.05) is 0 Å². The molecule has 0 unspecified atom stereocenters. The van der Waals surface area contributed by atoms with Crippen LogP contribution in [0.15, 0.2) is 46.1 Å². The molecule has 18 heavy (non-hydrogen) atoms. The maximum Gasteiger partial charge on any atom is 0.229 e. The first-order valence-electron chi connectivity index (χ1n) is 5.62. The minimum absolute atomic E-state index is 0.683. The summed E-state index contributed by atoms with van der Waals surface area (Å²) < 4.78 is 2.13. The lowest BCUT2D eigenvalue weighted by Gasteiger charge is -1.96. The van der Waals surface area contributed by atoms with Crippen LogP contribution in [0.5, 0.6) is 0 Å². The summed E-state index contributed by atoms with van der Waals surface area (Å²) in [6, 6.07) is 8.21. The molecule has 0 N–H and O–H groups in total. The van der Waals surface area contributed by atoms with Crippen molar-refractivity contribution in [2.24, 2.45) is 17.3 Å². The lowest BCUT2D eigenvalue weighted by Crippen LogP contribution is -1.88. The number of hydrogen-bond donors (Lipinski definition) is 0. The molecule has 90 valence electrons. The van der Waals surface area contributed by atoms with Gasteiger partial charge in [0.15, 0.2) is 0 Å². The molecule has 0 saturated heterocycles. The molecule has 1 aromatic carbocycles. The molecule has 2 aromatic heterocycles. The number of fused-ring (bicyclic) bond motifs is 1. The minimum Gasteiger partial charge on any atom is -0.346 e. The zero-order valence-electron chi connectivity index (χ0n) is 10.2. The Morgan fingerprint density at radius 1 is 1.22 bits per heavy atom. The molecule has 0 radical (unpaired) electrons. The fourth-order valence-corrected chi connectivity index (χ4v) is 2.44. The van der Waals surface area contributed by atoms with Crippen molar-refractivity contribution < 1.29 is 0 Å². The summed E-state index contributed by atoms with van der Waals surface area (Å²) in [6.07, 6.45) is 1.73. The molecule has 0 aliphatic heterocycles. The van der Waals surface area contributed by atoms with E-state index < -0.39 is 0 Å². The summed E-state index contributed by atoms with van der Waals surface area (Å²) >= 11 is 1.48. The Bertz CT molecular complexity index is 710. The van der Waals surface area contributed by atoms with E-state index in [4.69, 9.17) is 0 Å². The van der Waals surface area contributed by atoms with Gasteiger partial charge in [0.25, 0.3) is 0 Å². The number of azo groups is 1. The normalized spacial score (nSPS) is 11.7. The summed E-state index contributed by atoms with van der Waals surface area (Å²) in [7, 11) is 2.04. The Morgan fingerprint density at radius 2 is 2.06 bits per heavy atom. The SMILES string of the molecule is Cc1c(N=Nc2nccs2)c2ccccc2n1C. The second kappa shape index (κ2) is 4.34. The van der Waals surface area contributed by atoms with Crippen molar-refractivity contribution >= 4 is 33.1 Å². The minimum atomic E-state index is 0.683. The van der Waals surface area contributed by atoms with Crippen molar-refractivity contribution in [3.8, 4) is 0 Å². The largest absolute Gasteiger partial charge is 0.346 e. The Hall–Kier alpha value is -2.01. The van der Waals surface area contributed by atoms with E-state index in [0.717, 1.165) is 16.8 Å². The van der Waals surface area contributed by atoms with Gasteiger partial charge >= 0.3 is 0 Å². The van der Waals surface area contributed by atoms with E-state index >= 15 is 0 Å². The van der Waals surface area contributed by atoms with Crippen molar-refractivity contribution in [1.82, 2.24) is 9.55 Å². The smallest absolute Gasteiger partial charge is 0.229 e. The standard InChI is InChI=1S/C13H12N4S/c1-9-12(15-16-13-14-7-8-18-13)10-5-3-4-6-11(10)17(9)2/h3-8H,1-2H3. The summed E-state index contributed by atoms with van der Waals surface area (Å²) in [5.74, 6) is 0. The fourth-order valence-electron chi connectivity index (χ4n) is 1.99. The van der Waals surface area contributed by atoms with Gasteiger partial charge < -0.3 is 4.57 Å². The highest BCUT2D eigenvalue weighted by molar-refractivity contribution is 7.13. The van der Waals surface area contributed by atoms with Gasteiger partial charge in [-0.2, -0.15) is 0 Å². The number of aryl methyl sites for hydroxylation is 1. The Balaban J connectivity index is 2.14. The van der Waals surface area contributed by atoms with Gasteiger partial charge in [-0.3, -0.25) is 0 Å². The molecule has 0 bridgehead atoms. The maximum absolute atomic E-state index is 4.35. The van der Waals surface area contributed by atoms with E-state index in [1.54, 1.807) is 6.20 Å². The molecule has 3 aromatic rings. The molecule has 2 heterocycles. The predicted octanol–water partition coefficient (Wildman–Crippen LogP) is 4.36. The highest BCUT2D eigenvalue weighted by Gasteiger charge is 2.10. The van der Waals surface area contributed by atoms with Gasteiger partial charge in [0.1, 0.15) is 5.69 Å². The third-order valence-corrected chi connectivity index (χ3v) is 3.68. The first kappa shape index (κ1) is 11.1. The molecule has 5 heteroatoms. The molecular weight excluding hydrogens is 244 g/mol. The second-order valence-corrected chi connectivity index (χ2v) is 4.90. The average Bonchev–Trinajstić information content (AvgIpc) is 2.98. The van der Waals surface area contributed by atoms with Gasteiger partial charge in [-0.05, 0) is 13.0 Å². The number of para-hydroxylation sites is 1. The van der Waals surface area contributed by atoms with E-state index in [1.807, 2.05) is 24.6 Å². The zero-order valence-corrected chi connectivity index (χ0v) is 11.0. The lowest BCUT2D eigenvalue weighted by molar-refractivity contribution is 0.915. The fraction of sp³-hybridized carbons (Fsp3) is 0.154. The molecule has 0 saturated carbocycles. The number of thiazole rings is 1. The topological polar surface area (TPSA) is 42.5 Å². The van der Waals surface area contributed by atoms with E-state index in [2.05, 4.69) is 38.8 Å². The number of benzene rings is 1. The van der Waals surface area contributed by atoms with Gasteiger partial charge in [0, 0.05) is 29.7 Å². The van der Waals surface area contributed by atoms with Crippen LogP contribution in [0.4, 0.5) is 10.8 Å². The van der Waals surface area contributed by atoms with E-state index in [1.165, 1.54) is 16.9 Å². The molecular formula is C13H12N4S. The number of rotatable bonds is 2. The average molecular weight is 256 g/mol. The third kappa shape index (κ3) is 1.73. The lowest BCUT2D eigenvalue weighted by atomic mass is 10.2. The predicted molar refractivity (Wildman–Crippen MR) is 73.9 cm³/mol. The van der Waals surface area contributed by atoms with Crippen LogP contribution in [0.25, 0.3) is 10.9 Å². The monoisotopic (exact) mass is 256 g/mol. The van der Waals surface area contributed by atoms with Crippen LogP contribution in [0, 0.1) is 6.92 Å². The number of nitrogens with zero attached hydrogens (tertiary/aromatic N) is 4. The molecule has 0 aliphatic rings. The maximum atomic E-state index is 4.35. The molecule has 0 spiro atoms. The van der Waals surface area contributed by atoms with E-state index in [9.17, 15) is 0 Å². The van der Waals surface area contributed by atoms with Gasteiger partial charge in [0.05, 0.1) is 5.52 Å². The van der Waals surface area contributed by atoms with Crippen LogP contribution in [-0.2, 0) is 7.05 Å². The van der Waals surface area contributed by atoms with Gasteiger partial charge in [-0.25, -0.2) is 4.98 Å². The van der Waals surface area contributed by atoms with Crippen molar-refractivity contribution in [2.45, 2.75) is 6.92 Å². The molecule has 0 fully saturated rings. The summed E-state index contributed by atoms with van der Waals surface area (Å²) in [5.41, 5.74) is 3.20. The van der Waals surface area contributed by atoms with Gasteiger partial charge in [-0.1, -0.05) is 18.2 Å². The highest BCUT2D eigenvalue weighted by Crippen LogP contribution is 2.33. The van der Waals surface area contributed by atoms with Crippen molar-refractivity contribution in [3.05, 3.63) is 41.5 Å². The Labute approximate surface area is 109 Å². The second-order valence-electron chi connectivity index (χ2n) is 4.02. The Morgan fingerprint density at radius 3 is 2.83 bits per heavy atom. The van der Waals surface area contributed by atoms with Gasteiger partial charge in [0.2, 0.25) is 5.13 Å². The number of aromatic nitrogens is 2. The molecule has 0 atom stereocenters. The van der Waals surface area contributed by atoms with Crippen LogP contribution >= 0.6 is 11.3 Å². The van der Waals surface area contributed by atoms with Crippen molar-refractivity contribution in [3.63, 3.8) is 0 Å². The first-order chi connectivity index (χ1) is 8.77. The van der Waals surface area contributed by atoms with Crippen LogP contribution < -0.4 is 0 Å². The molecule has 0 amide bonds. The van der Waals surface area contributed by atoms with E-state index in [0.29, 0.717) is 5.13 Å². The van der Waals surface area contributed by atoms with Crippen LogP contribution in [-0.4, -0.2) is 9.55 Å². The zero-order chi connectivity index (χ0) is 12.5. The summed E-state index contributed by atoms with van der Waals surface area (Å²) in [4.78, 5) is 4.10. The first-order valence-corrected chi connectivity index (χ1v) is 6.50. The summed E-state index contributed by atoms with van der Waals surface area (Å²) in [6.45, 7) is 2.05. The van der Waals surface area contributed by atoms with Crippen LogP contribution in [0.2, 0.25) is 0 Å². The quantitative estimate of drug-likeness (QED) is 0.628. The van der Waals surface area contributed by atoms with E-state index in [-0.39, 0.29) is 0 Å².